The van der Waals surface area contributed by atoms with Crippen LogP contribution in [0.2, 0.25) is 0 Å². The van der Waals surface area contributed by atoms with Gasteiger partial charge < -0.3 is 10.2 Å². The third-order valence-electron chi connectivity index (χ3n) is 11.4. The fourth-order valence-corrected chi connectivity index (χ4v) is 9.29. The summed E-state index contributed by atoms with van der Waals surface area (Å²) in [6, 6.07) is 20.7. The summed E-state index contributed by atoms with van der Waals surface area (Å²) in [4.78, 5) is 28.1. The lowest BCUT2D eigenvalue weighted by Crippen LogP contribution is -2.59. The molecule has 4 nitrogen and oxygen atoms in total. The van der Waals surface area contributed by atoms with E-state index in [0.29, 0.717) is 29.7 Å². The van der Waals surface area contributed by atoms with Gasteiger partial charge in [0.25, 0.3) is 0 Å². The van der Waals surface area contributed by atoms with Crippen LogP contribution in [0, 0.1) is 34.5 Å². The zero-order valence-corrected chi connectivity index (χ0v) is 23.1. The minimum absolute atomic E-state index is 0.0811. The van der Waals surface area contributed by atoms with Crippen LogP contribution in [0.25, 0.3) is 0 Å². The van der Waals surface area contributed by atoms with Crippen molar-refractivity contribution in [2.75, 3.05) is 13.6 Å². The second-order valence-electron chi connectivity index (χ2n) is 12.9. The molecule has 0 aromatic heterocycles. The summed E-state index contributed by atoms with van der Waals surface area (Å²) in [6.45, 7) is 5.69. The Morgan fingerprint density at radius 3 is 2.24 bits per heavy atom. The normalized spacial score (nSPS) is 35.9. The molecule has 3 aliphatic carbocycles. The van der Waals surface area contributed by atoms with Crippen molar-refractivity contribution in [2.45, 2.75) is 64.3 Å². The Morgan fingerprint density at radius 2 is 1.58 bits per heavy atom. The van der Waals surface area contributed by atoms with Gasteiger partial charge in [-0.25, -0.2) is 0 Å². The standard InChI is InChI=1S/C34H42N2O2/c1-33-20-18-28-26(15-17-29-34(28,2)21-19-30(37)36(29)3)27(33)16-14-25(33)22-35-32(38)31(23-10-6-4-7-11-23)24-12-8-5-9-13-24/h4-13,19,21,25-29,31H,14-18,20,22H2,1-3H3,(H,35,38)/t25-,26+,27+,28+,29-,33-,34-/m1/s1. The average molecular weight is 511 g/mol. The largest absolute Gasteiger partial charge is 0.355 e. The summed E-state index contributed by atoms with van der Waals surface area (Å²) < 4.78 is 0. The molecule has 2 amide bonds. The van der Waals surface area contributed by atoms with Crippen molar-refractivity contribution in [2.24, 2.45) is 34.5 Å². The first-order valence-corrected chi connectivity index (χ1v) is 14.7. The van der Waals surface area contributed by atoms with Gasteiger partial charge in [-0.05, 0) is 84.8 Å². The Morgan fingerprint density at radius 1 is 0.921 bits per heavy atom. The number of hydrogen-bond donors (Lipinski definition) is 1. The van der Waals surface area contributed by atoms with Crippen LogP contribution < -0.4 is 5.32 Å². The maximum Gasteiger partial charge on any atom is 0.246 e. The Hall–Kier alpha value is -2.88. The number of carbonyl (C=O) groups excluding carboxylic acids is 2. The van der Waals surface area contributed by atoms with Crippen LogP contribution in [0.3, 0.4) is 0 Å². The maximum absolute atomic E-state index is 13.7. The molecule has 3 saturated carbocycles. The molecule has 7 atom stereocenters. The van der Waals surface area contributed by atoms with Crippen molar-refractivity contribution in [1.29, 1.82) is 0 Å². The summed E-state index contributed by atoms with van der Waals surface area (Å²) >= 11 is 0. The van der Waals surface area contributed by atoms with Gasteiger partial charge in [-0.3, -0.25) is 9.59 Å². The van der Waals surface area contributed by atoms with Gasteiger partial charge in [0.15, 0.2) is 0 Å². The molecule has 0 saturated heterocycles. The van der Waals surface area contributed by atoms with E-state index < -0.39 is 0 Å². The molecule has 200 valence electrons. The molecule has 4 heteroatoms. The number of rotatable bonds is 5. The number of fused-ring (bicyclic) bond motifs is 5. The summed E-state index contributed by atoms with van der Waals surface area (Å²) in [5, 5.41) is 3.42. The molecular weight excluding hydrogens is 468 g/mol. The van der Waals surface area contributed by atoms with Crippen LogP contribution in [0.1, 0.15) is 69.4 Å². The van der Waals surface area contributed by atoms with E-state index in [1.165, 1.54) is 32.1 Å². The van der Waals surface area contributed by atoms with Gasteiger partial charge in [0, 0.05) is 25.0 Å². The molecule has 2 aromatic rings. The monoisotopic (exact) mass is 510 g/mol. The lowest BCUT2D eigenvalue weighted by Gasteiger charge is -2.60. The number of amides is 2. The van der Waals surface area contributed by atoms with E-state index in [0.717, 1.165) is 24.1 Å². The van der Waals surface area contributed by atoms with E-state index in [1.807, 2.05) is 54.4 Å². The summed E-state index contributed by atoms with van der Waals surface area (Å²) in [7, 11) is 1.99. The lowest BCUT2D eigenvalue weighted by atomic mass is 9.47. The first-order chi connectivity index (χ1) is 18.3. The quantitative estimate of drug-likeness (QED) is 0.521. The third kappa shape index (κ3) is 4.03. The highest BCUT2D eigenvalue weighted by atomic mass is 16.2. The number of hydrogen-bond acceptors (Lipinski definition) is 2. The van der Waals surface area contributed by atoms with E-state index in [1.54, 1.807) is 0 Å². The SMILES string of the molecule is CN1C(=O)C=C[C@]2(C)[C@H]3CC[C@]4(C)[C@@H](CNC(=O)C(c5ccccc5)c5ccccc5)CC[C@H]4[C@@H]3CC[C@@H]12. The van der Waals surface area contributed by atoms with Crippen LogP contribution in [-0.2, 0) is 9.59 Å². The summed E-state index contributed by atoms with van der Waals surface area (Å²) in [5.41, 5.74) is 2.44. The molecule has 1 N–H and O–H groups in total. The van der Waals surface area contributed by atoms with Crippen molar-refractivity contribution in [3.8, 4) is 0 Å². The molecule has 38 heavy (non-hydrogen) atoms. The van der Waals surface area contributed by atoms with E-state index in [2.05, 4.69) is 49.5 Å². The highest BCUT2D eigenvalue weighted by molar-refractivity contribution is 5.89. The molecule has 0 spiro atoms. The smallest absolute Gasteiger partial charge is 0.246 e. The number of nitrogens with one attached hydrogen (secondary N) is 1. The molecule has 0 unspecified atom stereocenters. The summed E-state index contributed by atoms with van der Waals surface area (Å²) in [6.07, 6.45) is 11.3. The van der Waals surface area contributed by atoms with Crippen LogP contribution in [0.4, 0.5) is 0 Å². The second-order valence-corrected chi connectivity index (χ2v) is 12.9. The van der Waals surface area contributed by atoms with Gasteiger partial charge in [-0.1, -0.05) is 80.6 Å². The Balaban J connectivity index is 1.18. The van der Waals surface area contributed by atoms with Gasteiger partial charge >= 0.3 is 0 Å². The average Bonchev–Trinajstić information content (AvgIpc) is 3.27. The number of likely N-dealkylation sites (N-methyl/N-ethyl adjacent to an activating group) is 1. The molecule has 0 radical (unpaired) electrons. The van der Waals surface area contributed by atoms with Crippen LogP contribution in [0.5, 0.6) is 0 Å². The fraction of sp³-hybridized carbons (Fsp3) is 0.529. The maximum atomic E-state index is 13.7. The van der Waals surface area contributed by atoms with Gasteiger partial charge in [-0.2, -0.15) is 0 Å². The minimum Gasteiger partial charge on any atom is -0.355 e. The third-order valence-corrected chi connectivity index (χ3v) is 11.4. The molecular formula is C34H42N2O2. The van der Waals surface area contributed by atoms with Gasteiger partial charge in [0.05, 0.1) is 5.92 Å². The molecule has 2 aromatic carbocycles. The molecule has 1 aliphatic heterocycles. The molecule has 6 rings (SSSR count). The molecule has 1 heterocycles. The van der Waals surface area contributed by atoms with Gasteiger partial charge in [0.2, 0.25) is 11.8 Å². The van der Waals surface area contributed by atoms with E-state index in [-0.39, 0.29) is 28.6 Å². The lowest BCUT2D eigenvalue weighted by molar-refractivity contribution is -0.139. The Labute approximate surface area is 227 Å². The molecule has 3 fully saturated rings. The predicted octanol–water partition coefficient (Wildman–Crippen LogP) is 6.19. The van der Waals surface area contributed by atoms with Crippen molar-refractivity contribution >= 4 is 11.8 Å². The van der Waals surface area contributed by atoms with Crippen molar-refractivity contribution < 1.29 is 9.59 Å². The first kappa shape index (κ1) is 25.4. The summed E-state index contributed by atoms with van der Waals surface area (Å²) in [5.74, 6) is 2.55. The van der Waals surface area contributed by atoms with E-state index >= 15 is 0 Å². The zero-order chi connectivity index (χ0) is 26.5. The van der Waals surface area contributed by atoms with Crippen molar-refractivity contribution in [3.63, 3.8) is 0 Å². The Kier molecular flexibility index (Phi) is 6.48. The van der Waals surface area contributed by atoms with Crippen LogP contribution >= 0.6 is 0 Å². The molecule has 0 bridgehead atoms. The first-order valence-electron chi connectivity index (χ1n) is 14.7. The second kappa shape index (κ2) is 9.70. The van der Waals surface area contributed by atoms with Crippen LogP contribution in [0.15, 0.2) is 72.8 Å². The van der Waals surface area contributed by atoms with Crippen LogP contribution in [-0.4, -0.2) is 36.3 Å². The fourth-order valence-electron chi connectivity index (χ4n) is 9.29. The highest BCUT2D eigenvalue weighted by Gasteiger charge is 2.60. The van der Waals surface area contributed by atoms with E-state index in [4.69, 9.17) is 0 Å². The van der Waals surface area contributed by atoms with Gasteiger partial charge in [0.1, 0.15) is 0 Å². The minimum atomic E-state index is -0.286. The number of benzene rings is 2. The molecule has 4 aliphatic rings. The van der Waals surface area contributed by atoms with Crippen molar-refractivity contribution in [3.05, 3.63) is 83.9 Å². The number of carbonyl (C=O) groups is 2. The van der Waals surface area contributed by atoms with E-state index in [9.17, 15) is 9.59 Å². The Bertz CT molecular complexity index is 1170. The number of nitrogens with zero attached hydrogens (tertiary/aromatic N) is 1. The van der Waals surface area contributed by atoms with Crippen molar-refractivity contribution in [1.82, 2.24) is 10.2 Å². The predicted molar refractivity (Wildman–Crippen MR) is 151 cm³/mol. The van der Waals surface area contributed by atoms with Gasteiger partial charge in [-0.15, -0.1) is 0 Å². The topological polar surface area (TPSA) is 49.4 Å². The highest BCUT2D eigenvalue weighted by Crippen LogP contribution is 2.65. The zero-order valence-electron chi connectivity index (χ0n) is 23.1.